The van der Waals surface area contributed by atoms with E-state index in [4.69, 9.17) is 4.74 Å². The molecule has 2 aromatic rings. The second kappa shape index (κ2) is 8.06. The van der Waals surface area contributed by atoms with Crippen LogP contribution in [0.1, 0.15) is 26.3 Å². The number of ether oxygens (including phenoxy) is 1. The molecule has 0 fully saturated rings. The summed E-state index contributed by atoms with van der Waals surface area (Å²) in [5, 5.41) is 12.9. The van der Waals surface area contributed by atoms with Crippen LogP contribution in [0.5, 0.6) is 5.75 Å². The van der Waals surface area contributed by atoms with E-state index in [0.717, 1.165) is 15.5 Å². The highest BCUT2D eigenvalue weighted by atomic mass is 32.2. The number of hydrogen-bond donors (Lipinski definition) is 2. The van der Waals surface area contributed by atoms with Crippen LogP contribution in [-0.2, 0) is 11.2 Å². The number of carbonyl (C=O) groups is 1. The van der Waals surface area contributed by atoms with Gasteiger partial charge in [-0.15, -0.1) is 0 Å². The number of amides is 1. The number of phenols is 1. The first-order valence-corrected chi connectivity index (χ1v) is 8.52. The van der Waals surface area contributed by atoms with Gasteiger partial charge < -0.3 is 15.2 Å². The molecule has 0 saturated heterocycles. The summed E-state index contributed by atoms with van der Waals surface area (Å²) in [5.41, 5.74) is 0.555. The van der Waals surface area contributed by atoms with Crippen LogP contribution < -0.4 is 5.32 Å². The van der Waals surface area contributed by atoms with E-state index < -0.39 is 11.7 Å². The van der Waals surface area contributed by atoms with Crippen LogP contribution in [0.25, 0.3) is 0 Å². The summed E-state index contributed by atoms with van der Waals surface area (Å²) in [7, 11) is 0. The molecule has 1 heterocycles. The van der Waals surface area contributed by atoms with Crippen molar-refractivity contribution in [3.8, 4) is 5.75 Å². The standard InChI is InChI=1S/C18H22N2O3S/c1-18(2,3)23-17(22)19-11-10-13-4-9-16(20-12-13)24-15-7-5-14(21)6-8-15/h4-9,12,21H,10-11H2,1-3H3,(H,19,22). The minimum atomic E-state index is -0.487. The molecule has 0 unspecified atom stereocenters. The van der Waals surface area contributed by atoms with Crippen LogP contribution in [0, 0.1) is 0 Å². The van der Waals surface area contributed by atoms with Crippen LogP contribution in [0.4, 0.5) is 4.79 Å². The molecular formula is C18H22N2O3S. The van der Waals surface area contributed by atoms with E-state index in [-0.39, 0.29) is 5.75 Å². The first-order valence-electron chi connectivity index (χ1n) is 7.70. The van der Waals surface area contributed by atoms with Crippen molar-refractivity contribution in [3.05, 3.63) is 48.2 Å². The van der Waals surface area contributed by atoms with Gasteiger partial charge in [0.15, 0.2) is 0 Å². The van der Waals surface area contributed by atoms with Crippen molar-refractivity contribution >= 4 is 17.9 Å². The number of rotatable bonds is 5. The Morgan fingerprint density at radius 1 is 1.21 bits per heavy atom. The number of phenolic OH excluding ortho intramolecular Hbond substituents is 1. The number of aromatic hydroxyl groups is 1. The highest BCUT2D eigenvalue weighted by molar-refractivity contribution is 7.99. The Balaban J connectivity index is 1.79. The normalized spacial score (nSPS) is 11.1. The van der Waals surface area contributed by atoms with Crippen LogP contribution in [0.15, 0.2) is 52.5 Å². The summed E-state index contributed by atoms with van der Waals surface area (Å²) in [4.78, 5) is 17.0. The number of alkyl carbamates (subject to hydrolysis) is 1. The zero-order valence-electron chi connectivity index (χ0n) is 14.1. The summed E-state index contributed by atoms with van der Waals surface area (Å²) in [6, 6.07) is 10.9. The van der Waals surface area contributed by atoms with Gasteiger partial charge in [-0.1, -0.05) is 17.8 Å². The van der Waals surface area contributed by atoms with Crippen molar-refractivity contribution in [2.45, 2.75) is 42.7 Å². The third kappa shape index (κ3) is 6.50. The van der Waals surface area contributed by atoms with E-state index in [0.29, 0.717) is 13.0 Å². The Kier molecular flexibility index (Phi) is 6.09. The molecule has 0 radical (unpaired) electrons. The fraction of sp³-hybridized carbons (Fsp3) is 0.333. The second-order valence-corrected chi connectivity index (χ2v) is 7.37. The molecule has 24 heavy (non-hydrogen) atoms. The molecule has 0 aliphatic carbocycles. The molecule has 128 valence electrons. The van der Waals surface area contributed by atoms with Crippen molar-refractivity contribution in [1.82, 2.24) is 10.3 Å². The maximum absolute atomic E-state index is 11.6. The summed E-state index contributed by atoms with van der Waals surface area (Å²) in [5.74, 6) is 0.250. The molecule has 0 bridgehead atoms. The van der Waals surface area contributed by atoms with Gasteiger partial charge in [0.1, 0.15) is 16.4 Å². The summed E-state index contributed by atoms with van der Waals surface area (Å²) >= 11 is 1.53. The number of benzene rings is 1. The van der Waals surface area contributed by atoms with Gasteiger partial charge in [-0.25, -0.2) is 9.78 Å². The van der Waals surface area contributed by atoms with E-state index in [1.54, 1.807) is 18.3 Å². The molecule has 1 aromatic carbocycles. The number of pyridine rings is 1. The lowest BCUT2D eigenvalue weighted by Crippen LogP contribution is -2.33. The largest absolute Gasteiger partial charge is 0.508 e. The minimum absolute atomic E-state index is 0.250. The lowest BCUT2D eigenvalue weighted by molar-refractivity contribution is 0.0528. The highest BCUT2D eigenvalue weighted by Crippen LogP contribution is 2.27. The first-order chi connectivity index (χ1) is 11.3. The molecule has 0 atom stereocenters. The highest BCUT2D eigenvalue weighted by Gasteiger charge is 2.15. The summed E-state index contributed by atoms with van der Waals surface area (Å²) in [6.45, 7) is 6.00. The number of nitrogens with one attached hydrogen (secondary N) is 1. The van der Waals surface area contributed by atoms with Crippen LogP contribution in [0.3, 0.4) is 0 Å². The van der Waals surface area contributed by atoms with Crippen molar-refractivity contribution in [2.75, 3.05) is 6.54 Å². The fourth-order valence-corrected chi connectivity index (χ4v) is 2.63. The number of nitrogens with zero attached hydrogens (tertiary/aromatic N) is 1. The zero-order valence-corrected chi connectivity index (χ0v) is 14.9. The van der Waals surface area contributed by atoms with Gasteiger partial charge in [-0.3, -0.25) is 0 Å². The quantitative estimate of drug-likeness (QED) is 0.856. The topological polar surface area (TPSA) is 71.5 Å². The monoisotopic (exact) mass is 346 g/mol. The van der Waals surface area contributed by atoms with Gasteiger partial charge in [-0.2, -0.15) is 0 Å². The second-order valence-electron chi connectivity index (χ2n) is 6.28. The third-order valence-corrected chi connectivity index (χ3v) is 3.90. The maximum Gasteiger partial charge on any atom is 0.407 e. The van der Waals surface area contributed by atoms with E-state index >= 15 is 0 Å². The van der Waals surface area contributed by atoms with E-state index in [2.05, 4.69) is 10.3 Å². The molecule has 1 amide bonds. The molecule has 6 heteroatoms. The Morgan fingerprint density at radius 3 is 2.50 bits per heavy atom. The molecule has 5 nitrogen and oxygen atoms in total. The lowest BCUT2D eigenvalue weighted by Gasteiger charge is -2.19. The molecule has 0 spiro atoms. The molecule has 0 saturated carbocycles. The van der Waals surface area contributed by atoms with Gasteiger partial charge >= 0.3 is 6.09 Å². The van der Waals surface area contributed by atoms with Crippen molar-refractivity contribution in [1.29, 1.82) is 0 Å². The fourth-order valence-electron chi connectivity index (χ4n) is 1.88. The molecular weight excluding hydrogens is 324 g/mol. The first kappa shape index (κ1) is 18.1. The average molecular weight is 346 g/mol. The molecule has 0 aliphatic heterocycles. The summed E-state index contributed by atoms with van der Waals surface area (Å²) in [6.07, 6.45) is 2.09. The molecule has 2 N–H and O–H groups in total. The predicted molar refractivity (Wildman–Crippen MR) is 94.4 cm³/mol. The van der Waals surface area contributed by atoms with Gasteiger partial charge in [-0.05, 0) is 63.1 Å². The van der Waals surface area contributed by atoms with Crippen molar-refractivity contribution in [2.24, 2.45) is 0 Å². The van der Waals surface area contributed by atoms with E-state index in [1.165, 1.54) is 11.8 Å². The Bertz CT molecular complexity index is 664. The minimum Gasteiger partial charge on any atom is -0.508 e. The third-order valence-electron chi connectivity index (χ3n) is 2.94. The number of carbonyl (C=O) groups excluding carboxylic acids is 1. The van der Waals surface area contributed by atoms with Gasteiger partial charge in [0, 0.05) is 17.6 Å². The number of aromatic nitrogens is 1. The molecule has 2 rings (SSSR count). The van der Waals surface area contributed by atoms with Crippen LogP contribution >= 0.6 is 11.8 Å². The predicted octanol–water partition coefficient (Wildman–Crippen LogP) is 4.01. The van der Waals surface area contributed by atoms with Gasteiger partial charge in [0.25, 0.3) is 0 Å². The van der Waals surface area contributed by atoms with Gasteiger partial charge in [0.2, 0.25) is 0 Å². The molecule has 0 aliphatic rings. The van der Waals surface area contributed by atoms with E-state index in [1.807, 2.05) is 45.0 Å². The molecule has 1 aromatic heterocycles. The average Bonchev–Trinajstić information content (AvgIpc) is 2.49. The smallest absolute Gasteiger partial charge is 0.407 e. The SMILES string of the molecule is CC(C)(C)OC(=O)NCCc1ccc(Sc2ccc(O)cc2)nc1. The van der Waals surface area contributed by atoms with E-state index in [9.17, 15) is 9.90 Å². The Hall–Kier alpha value is -2.21. The van der Waals surface area contributed by atoms with Crippen LogP contribution in [0.2, 0.25) is 0 Å². The summed E-state index contributed by atoms with van der Waals surface area (Å²) < 4.78 is 5.18. The number of hydrogen-bond acceptors (Lipinski definition) is 5. The Morgan fingerprint density at radius 2 is 1.92 bits per heavy atom. The van der Waals surface area contributed by atoms with Crippen LogP contribution in [-0.4, -0.2) is 28.3 Å². The van der Waals surface area contributed by atoms with Crippen molar-refractivity contribution < 1.29 is 14.6 Å². The van der Waals surface area contributed by atoms with Gasteiger partial charge in [0.05, 0.1) is 0 Å². The lowest BCUT2D eigenvalue weighted by atomic mass is 10.2. The Labute approximate surface area is 146 Å². The maximum atomic E-state index is 11.6. The van der Waals surface area contributed by atoms with Crippen molar-refractivity contribution in [3.63, 3.8) is 0 Å². The zero-order chi connectivity index (χ0) is 17.6.